The molecule has 0 unspecified atom stereocenters. The molecule has 0 aliphatic carbocycles. The second-order valence-electron chi connectivity index (χ2n) is 4.36. The number of rotatable bonds is 6. The van der Waals surface area contributed by atoms with Crippen LogP contribution in [0.3, 0.4) is 0 Å². The molecule has 0 aliphatic heterocycles. The molecule has 0 N–H and O–H groups in total. The van der Waals surface area contributed by atoms with E-state index in [4.69, 9.17) is 16.3 Å². The van der Waals surface area contributed by atoms with Crippen LogP contribution >= 0.6 is 27.5 Å². The van der Waals surface area contributed by atoms with Gasteiger partial charge in [0.25, 0.3) is 0 Å². The monoisotopic (exact) mass is 374 g/mol. The maximum absolute atomic E-state index is 13.8. The molecule has 2 rings (SSSR count). The molecule has 1 aromatic carbocycles. The highest BCUT2D eigenvalue weighted by molar-refractivity contribution is 9.10. The smallest absolute Gasteiger partial charge is 0.186 e. The lowest BCUT2D eigenvalue weighted by molar-refractivity contribution is 0.0977. The topological polar surface area (TPSA) is 44.1 Å². The number of benzene rings is 1. The number of methoxy groups -OCH3 is 1. The number of ether oxygens (including phenoxy) is 1. The first-order chi connectivity index (χ1) is 10.0. The van der Waals surface area contributed by atoms with Crippen molar-refractivity contribution in [2.45, 2.75) is 13.0 Å². The van der Waals surface area contributed by atoms with E-state index < -0.39 is 5.82 Å². The number of nitrogens with zero attached hydrogens (tertiary/aromatic N) is 2. The van der Waals surface area contributed by atoms with E-state index in [1.165, 1.54) is 23.0 Å². The van der Waals surface area contributed by atoms with Crippen LogP contribution in [0.15, 0.2) is 28.9 Å². The van der Waals surface area contributed by atoms with Crippen LogP contribution in [0.4, 0.5) is 4.39 Å². The van der Waals surface area contributed by atoms with Gasteiger partial charge in [0.15, 0.2) is 5.78 Å². The molecule has 0 fully saturated rings. The number of carbonyl (C=O) groups excluding carboxylic acids is 1. The van der Waals surface area contributed by atoms with Crippen molar-refractivity contribution >= 4 is 33.3 Å². The van der Waals surface area contributed by atoms with Gasteiger partial charge in [-0.25, -0.2) is 4.39 Å². The molecule has 0 saturated heterocycles. The van der Waals surface area contributed by atoms with Crippen LogP contribution in [0.25, 0.3) is 0 Å². The van der Waals surface area contributed by atoms with Gasteiger partial charge in [-0.05, 0) is 28.1 Å². The van der Waals surface area contributed by atoms with Crippen LogP contribution in [0.2, 0.25) is 5.02 Å². The average Bonchev–Trinajstić information content (AvgIpc) is 2.81. The zero-order valence-electron chi connectivity index (χ0n) is 11.3. The van der Waals surface area contributed by atoms with Crippen molar-refractivity contribution in [2.24, 2.45) is 0 Å². The van der Waals surface area contributed by atoms with Crippen molar-refractivity contribution in [1.82, 2.24) is 9.78 Å². The quantitative estimate of drug-likeness (QED) is 0.726. The molecule has 0 bridgehead atoms. The van der Waals surface area contributed by atoms with Crippen molar-refractivity contribution in [3.63, 3.8) is 0 Å². The molecule has 0 radical (unpaired) electrons. The van der Waals surface area contributed by atoms with Gasteiger partial charge in [-0.1, -0.05) is 17.7 Å². The Morgan fingerprint density at radius 1 is 1.52 bits per heavy atom. The Labute approximate surface area is 135 Å². The second-order valence-corrected chi connectivity index (χ2v) is 5.62. The van der Waals surface area contributed by atoms with Crippen molar-refractivity contribution in [3.05, 3.63) is 51.0 Å². The van der Waals surface area contributed by atoms with E-state index in [0.29, 0.717) is 23.3 Å². The number of ketones is 1. The molecular weight excluding hydrogens is 363 g/mol. The SMILES string of the molecule is COCCn1ncc(Br)c1C(=O)Cc1c(F)cccc1Cl. The van der Waals surface area contributed by atoms with Crippen LogP contribution in [-0.2, 0) is 17.7 Å². The molecule has 21 heavy (non-hydrogen) atoms. The first-order valence-electron chi connectivity index (χ1n) is 6.21. The summed E-state index contributed by atoms with van der Waals surface area (Å²) in [5.41, 5.74) is 0.571. The molecule has 7 heteroatoms. The van der Waals surface area contributed by atoms with Gasteiger partial charge in [-0.3, -0.25) is 9.48 Å². The van der Waals surface area contributed by atoms with Gasteiger partial charge < -0.3 is 4.74 Å². The van der Waals surface area contributed by atoms with Crippen molar-refractivity contribution < 1.29 is 13.9 Å². The number of halogens is 3. The maximum atomic E-state index is 13.8. The van der Waals surface area contributed by atoms with Gasteiger partial charge in [-0.15, -0.1) is 0 Å². The molecule has 2 aromatic rings. The summed E-state index contributed by atoms with van der Waals surface area (Å²) in [6.45, 7) is 0.864. The van der Waals surface area contributed by atoms with E-state index in [9.17, 15) is 9.18 Å². The van der Waals surface area contributed by atoms with Crippen molar-refractivity contribution in [2.75, 3.05) is 13.7 Å². The van der Waals surface area contributed by atoms with Gasteiger partial charge in [0, 0.05) is 24.1 Å². The van der Waals surface area contributed by atoms with Gasteiger partial charge in [0.05, 0.1) is 23.8 Å². The standard InChI is InChI=1S/C14H13BrClFN2O2/c1-21-6-5-19-14(10(15)8-18-19)13(20)7-9-11(16)3-2-4-12(9)17/h2-4,8H,5-7H2,1H3. The summed E-state index contributed by atoms with van der Waals surface area (Å²) in [6.07, 6.45) is 1.41. The molecule has 4 nitrogen and oxygen atoms in total. The third kappa shape index (κ3) is 3.70. The van der Waals surface area contributed by atoms with E-state index in [1.807, 2.05) is 0 Å². The highest BCUT2D eigenvalue weighted by Crippen LogP contribution is 2.23. The van der Waals surface area contributed by atoms with Crippen LogP contribution in [0.1, 0.15) is 16.1 Å². The normalized spacial score (nSPS) is 10.9. The fourth-order valence-corrected chi connectivity index (χ4v) is 2.68. The first-order valence-corrected chi connectivity index (χ1v) is 7.38. The molecule has 112 valence electrons. The number of hydrogen-bond donors (Lipinski definition) is 0. The van der Waals surface area contributed by atoms with Gasteiger partial charge in [-0.2, -0.15) is 5.10 Å². The number of carbonyl (C=O) groups is 1. The van der Waals surface area contributed by atoms with Crippen LogP contribution in [0, 0.1) is 5.82 Å². The van der Waals surface area contributed by atoms with E-state index >= 15 is 0 Å². The summed E-state index contributed by atoms with van der Waals surface area (Å²) in [5.74, 6) is -0.752. The van der Waals surface area contributed by atoms with E-state index in [2.05, 4.69) is 21.0 Å². The highest BCUT2D eigenvalue weighted by atomic mass is 79.9. The molecule has 0 amide bonds. The Balaban J connectivity index is 2.26. The molecular formula is C14H13BrClFN2O2. The predicted molar refractivity (Wildman–Crippen MR) is 81.2 cm³/mol. The Morgan fingerprint density at radius 3 is 2.95 bits per heavy atom. The van der Waals surface area contributed by atoms with Crippen LogP contribution in [-0.4, -0.2) is 29.3 Å². The number of aromatic nitrogens is 2. The van der Waals surface area contributed by atoms with Crippen LogP contribution in [0.5, 0.6) is 0 Å². The highest BCUT2D eigenvalue weighted by Gasteiger charge is 2.20. The Bertz CT molecular complexity index is 640. The third-order valence-corrected chi connectivity index (χ3v) is 3.90. The minimum Gasteiger partial charge on any atom is -0.383 e. The van der Waals surface area contributed by atoms with E-state index in [-0.39, 0.29) is 22.8 Å². The fourth-order valence-electron chi connectivity index (χ4n) is 1.93. The van der Waals surface area contributed by atoms with Gasteiger partial charge in [0.2, 0.25) is 0 Å². The lowest BCUT2D eigenvalue weighted by atomic mass is 10.1. The third-order valence-electron chi connectivity index (χ3n) is 2.97. The zero-order chi connectivity index (χ0) is 15.4. The minimum absolute atomic E-state index is 0.122. The molecule has 0 atom stereocenters. The summed E-state index contributed by atoms with van der Waals surface area (Å²) in [6, 6.07) is 4.35. The fraction of sp³-hybridized carbons (Fsp3) is 0.286. The molecule has 1 aromatic heterocycles. The zero-order valence-corrected chi connectivity index (χ0v) is 13.6. The Hall–Kier alpha value is -1.24. The second kappa shape index (κ2) is 7.15. The summed E-state index contributed by atoms with van der Waals surface area (Å²) < 4.78 is 20.8. The summed E-state index contributed by atoms with van der Waals surface area (Å²) in [4.78, 5) is 12.4. The summed E-state index contributed by atoms with van der Waals surface area (Å²) in [5, 5.41) is 4.34. The minimum atomic E-state index is -0.491. The lowest BCUT2D eigenvalue weighted by Crippen LogP contribution is -2.16. The van der Waals surface area contributed by atoms with E-state index in [0.717, 1.165) is 0 Å². The largest absolute Gasteiger partial charge is 0.383 e. The molecule has 1 heterocycles. The first kappa shape index (κ1) is 16.1. The van der Waals surface area contributed by atoms with Gasteiger partial charge in [0.1, 0.15) is 11.5 Å². The Morgan fingerprint density at radius 2 is 2.29 bits per heavy atom. The van der Waals surface area contributed by atoms with E-state index in [1.54, 1.807) is 13.2 Å². The number of hydrogen-bond acceptors (Lipinski definition) is 3. The van der Waals surface area contributed by atoms with Crippen molar-refractivity contribution in [3.8, 4) is 0 Å². The predicted octanol–water partition coefficient (Wildman–Crippen LogP) is 3.51. The molecule has 0 saturated carbocycles. The maximum Gasteiger partial charge on any atom is 0.186 e. The average molecular weight is 376 g/mol. The molecule has 0 spiro atoms. The summed E-state index contributed by atoms with van der Waals surface area (Å²) >= 11 is 9.24. The molecule has 0 aliphatic rings. The summed E-state index contributed by atoms with van der Waals surface area (Å²) in [7, 11) is 1.57. The van der Waals surface area contributed by atoms with Crippen LogP contribution < -0.4 is 0 Å². The van der Waals surface area contributed by atoms with Crippen molar-refractivity contribution in [1.29, 1.82) is 0 Å². The number of Topliss-reactive ketones (excluding diaryl/α,β-unsaturated/α-hetero) is 1. The van der Waals surface area contributed by atoms with Gasteiger partial charge >= 0.3 is 0 Å². The Kier molecular flexibility index (Phi) is 5.50. The lowest BCUT2D eigenvalue weighted by Gasteiger charge is -2.08.